The van der Waals surface area contributed by atoms with Crippen molar-refractivity contribution >= 4 is 29.9 Å². The number of hydrogen-bond donors (Lipinski definition) is 1. The summed E-state index contributed by atoms with van der Waals surface area (Å²) in [5, 5.41) is 3.41. The molecule has 0 heterocycles. The molecular weight excluding hydrogens is 413 g/mol. The van der Waals surface area contributed by atoms with Gasteiger partial charge < -0.3 is 15.0 Å². The van der Waals surface area contributed by atoms with Crippen LogP contribution in [0.1, 0.15) is 16.7 Å². The standard InChI is InChI=1S/C19H25N3O.HI/c1-20-19(22(2)14-16-8-5-4-6-9-16)21-13-17-10-7-11-18(12-17)15-23-3;/h4-12H,13-15H2,1-3H3,(H,20,21);1H. The summed E-state index contributed by atoms with van der Waals surface area (Å²) in [4.78, 5) is 6.48. The van der Waals surface area contributed by atoms with Crippen molar-refractivity contribution in [3.63, 3.8) is 0 Å². The summed E-state index contributed by atoms with van der Waals surface area (Å²) in [5.74, 6) is 0.881. The van der Waals surface area contributed by atoms with Crippen LogP contribution in [0.2, 0.25) is 0 Å². The Bertz CT molecular complexity index is 632. The number of nitrogens with one attached hydrogen (secondary N) is 1. The van der Waals surface area contributed by atoms with Gasteiger partial charge in [0.2, 0.25) is 0 Å². The van der Waals surface area contributed by atoms with Crippen molar-refractivity contribution in [2.24, 2.45) is 4.99 Å². The van der Waals surface area contributed by atoms with E-state index in [0.29, 0.717) is 6.61 Å². The Hall–Kier alpha value is -1.60. The molecule has 0 saturated carbocycles. The molecule has 5 heteroatoms. The lowest BCUT2D eigenvalue weighted by molar-refractivity contribution is 0.185. The van der Waals surface area contributed by atoms with E-state index in [9.17, 15) is 0 Å². The molecule has 0 unspecified atom stereocenters. The predicted molar refractivity (Wildman–Crippen MR) is 111 cm³/mol. The Labute approximate surface area is 162 Å². The quantitative estimate of drug-likeness (QED) is 0.424. The summed E-state index contributed by atoms with van der Waals surface area (Å²) in [5.41, 5.74) is 3.66. The van der Waals surface area contributed by atoms with E-state index in [2.05, 4.69) is 63.7 Å². The average molecular weight is 439 g/mol. The third-order valence-electron chi connectivity index (χ3n) is 3.59. The van der Waals surface area contributed by atoms with Crippen molar-refractivity contribution < 1.29 is 4.74 Å². The molecule has 2 aromatic carbocycles. The number of guanidine groups is 1. The highest BCUT2D eigenvalue weighted by molar-refractivity contribution is 14.0. The summed E-state index contributed by atoms with van der Waals surface area (Å²) in [6, 6.07) is 18.8. The van der Waals surface area contributed by atoms with Crippen molar-refractivity contribution in [2.75, 3.05) is 21.2 Å². The molecule has 2 rings (SSSR count). The maximum absolute atomic E-state index is 5.18. The highest BCUT2D eigenvalue weighted by Gasteiger charge is 2.06. The summed E-state index contributed by atoms with van der Waals surface area (Å²) in [6.07, 6.45) is 0. The molecule has 0 aliphatic heterocycles. The van der Waals surface area contributed by atoms with E-state index in [4.69, 9.17) is 4.74 Å². The Morgan fingerprint density at radius 1 is 1.04 bits per heavy atom. The van der Waals surface area contributed by atoms with Crippen LogP contribution in [0, 0.1) is 0 Å². The van der Waals surface area contributed by atoms with E-state index in [0.717, 1.165) is 19.0 Å². The van der Waals surface area contributed by atoms with Crippen molar-refractivity contribution in [2.45, 2.75) is 19.7 Å². The van der Waals surface area contributed by atoms with Crippen LogP contribution < -0.4 is 5.32 Å². The second-order valence-electron chi connectivity index (χ2n) is 5.50. The first-order valence-electron chi connectivity index (χ1n) is 7.75. The molecule has 0 bridgehead atoms. The number of rotatable bonds is 6. The second kappa shape index (κ2) is 11.0. The van der Waals surface area contributed by atoms with E-state index in [-0.39, 0.29) is 24.0 Å². The Balaban J connectivity index is 0.00000288. The first kappa shape index (κ1) is 20.4. The van der Waals surface area contributed by atoms with E-state index in [1.807, 2.05) is 20.2 Å². The van der Waals surface area contributed by atoms with Gasteiger partial charge in [-0.25, -0.2) is 0 Å². The van der Waals surface area contributed by atoms with Gasteiger partial charge in [0.1, 0.15) is 0 Å². The molecule has 0 saturated heterocycles. The van der Waals surface area contributed by atoms with E-state index < -0.39 is 0 Å². The lowest BCUT2D eigenvalue weighted by Gasteiger charge is -2.22. The zero-order valence-corrected chi connectivity index (χ0v) is 16.9. The molecule has 0 atom stereocenters. The molecule has 0 amide bonds. The van der Waals surface area contributed by atoms with Crippen LogP contribution in [-0.4, -0.2) is 32.1 Å². The number of hydrogen-bond acceptors (Lipinski definition) is 2. The number of methoxy groups -OCH3 is 1. The van der Waals surface area contributed by atoms with Crippen molar-refractivity contribution in [1.29, 1.82) is 0 Å². The monoisotopic (exact) mass is 439 g/mol. The molecule has 0 radical (unpaired) electrons. The number of benzene rings is 2. The predicted octanol–water partition coefficient (Wildman–Crippen LogP) is 3.66. The summed E-state index contributed by atoms with van der Waals surface area (Å²) < 4.78 is 5.18. The minimum absolute atomic E-state index is 0. The van der Waals surface area contributed by atoms with Gasteiger partial charge in [-0.05, 0) is 16.7 Å². The molecule has 0 aliphatic carbocycles. The van der Waals surface area contributed by atoms with Crippen molar-refractivity contribution in [1.82, 2.24) is 10.2 Å². The van der Waals surface area contributed by atoms with Crippen LogP contribution in [0.15, 0.2) is 59.6 Å². The smallest absolute Gasteiger partial charge is 0.193 e. The highest BCUT2D eigenvalue weighted by Crippen LogP contribution is 2.07. The highest BCUT2D eigenvalue weighted by atomic mass is 127. The van der Waals surface area contributed by atoms with Crippen LogP contribution >= 0.6 is 24.0 Å². The normalized spacial score (nSPS) is 10.9. The second-order valence-corrected chi connectivity index (χ2v) is 5.50. The van der Waals surface area contributed by atoms with Gasteiger partial charge in [0, 0.05) is 34.3 Å². The lowest BCUT2D eigenvalue weighted by atomic mass is 10.1. The molecule has 0 fully saturated rings. The van der Waals surface area contributed by atoms with Gasteiger partial charge in [-0.15, -0.1) is 24.0 Å². The Morgan fingerprint density at radius 3 is 2.38 bits per heavy atom. The van der Waals surface area contributed by atoms with Gasteiger partial charge in [-0.2, -0.15) is 0 Å². The number of halogens is 1. The van der Waals surface area contributed by atoms with Gasteiger partial charge in [0.05, 0.1) is 6.61 Å². The number of nitrogens with zero attached hydrogens (tertiary/aromatic N) is 2. The third-order valence-corrected chi connectivity index (χ3v) is 3.59. The van der Waals surface area contributed by atoms with Gasteiger partial charge in [-0.1, -0.05) is 54.6 Å². The summed E-state index contributed by atoms with van der Waals surface area (Å²) in [6.45, 7) is 2.20. The topological polar surface area (TPSA) is 36.9 Å². The van der Waals surface area contributed by atoms with E-state index in [1.165, 1.54) is 16.7 Å². The molecule has 4 nitrogen and oxygen atoms in total. The zero-order valence-electron chi connectivity index (χ0n) is 14.5. The fourth-order valence-corrected chi connectivity index (χ4v) is 2.49. The summed E-state index contributed by atoms with van der Waals surface area (Å²) >= 11 is 0. The molecule has 24 heavy (non-hydrogen) atoms. The molecular formula is C19H26IN3O. The van der Waals surface area contributed by atoms with Gasteiger partial charge >= 0.3 is 0 Å². The zero-order chi connectivity index (χ0) is 16.5. The van der Waals surface area contributed by atoms with Gasteiger partial charge in [0.25, 0.3) is 0 Å². The maximum atomic E-state index is 5.18. The van der Waals surface area contributed by atoms with Gasteiger partial charge in [0.15, 0.2) is 5.96 Å². The Morgan fingerprint density at radius 2 is 1.71 bits per heavy atom. The van der Waals surface area contributed by atoms with Gasteiger partial charge in [-0.3, -0.25) is 4.99 Å². The molecule has 0 spiro atoms. The minimum Gasteiger partial charge on any atom is -0.380 e. The van der Waals surface area contributed by atoms with Crippen molar-refractivity contribution in [3.8, 4) is 0 Å². The van der Waals surface area contributed by atoms with Crippen LogP contribution in [-0.2, 0) is 24.4 Å². The SMILES string of the molecule is CN=C(NCc1cccc(COC)c1)N(C)Cc1ccccc1.I. The van der Waals surface area contributed by atoms with Crippen LogP contribution in [0.5, 0.6) is 0 Å². The first-order chi connectivity index (χ1) is 11.2. The van der Waals surface area contributed by atoms with Crippen molar-refractivity contribution in [3.05, 3.63) is 71.3 Å². The third kappa shape index (κ3) is 6.49. The fraction of sp³-hybridized carbons (Fsp3) is 0.316. The maximum Gasteiger partial charge on any atom is 0.193 e. The minimum atomic E-state index is 0. The molecule has 130 valence electrons. The van der Waals surface area contributed by atoms with Crippen LogP contribution in [0.4, 0.5) is 0 Å². The van der Waals surface area contributed by atoms with Crippen LogP contribution in [0.3, 0.4) is 0 Å². The average Bonchev–Trinajstić information content (AvgIpc) is 2.57. The summed E-state index contributed by atoms with van der Waals surface area (Å²) in [7, 11) is 5.57. The number of aliphatic imine (C=N–C) groups is 1. The molecule has 0 aliphatic rings. The first-order valence-corrected chi connectivity index (χ1v) is 7.75. The molecule has 0 aromatic heterocycles. The van der Waals surface area contributed by atoms with Crippen LogP contribution in [0.25, 0.3) is 0 Å². The molecule has 2 aromatic rings. The van der Waals surface area contributed by atoms with E-state index in [1.54, 1.807) is 7.11 Å². The van der Waals surface area contributed by atoms with E-state index >= 15 is 0 Å². The lowest BCUT2D eigenvalue weighted by Crippen LogP contribution is -2.38. The largest absolute Gasteiger partial charge is 0.380 e. The Kier molecular flexibility index (Phi) is 9.41. The fourth-order valence-electron chi connectivity index (χ4n) is 2.49. The number of ether oxygens (including phenoxy) is 1. The molecule has 1 N–H and O–H groups in total.